The maximum Gasteiger partial charge on any atom is 0.305 e. The number of ether oxygens (including phenoxy) is 2. The van der Waals surface area contributed by atoms with Gasteiger partial charge in [-0.25, -0.2) is 0 Å². The number of carbonyl (C=O) groups is 1. The Balaban J connectivity index is 2.28. The summed E-state index contributed by atoms with van der Waals surface area (Å²) >= 11 is 0. The van der Waals surface area contributed by atoms with Crippen molar-refractivity contribution in [2.45, 2.75) is 13.0 Å². The molecular weight excluding hydrogens is 196 g/mol. The Kier molecular flexibility index (Phi) is 4.63. The van der Waals surface area contributed by atoms with Crippen LogP contribution < -0.4 is 4.74 Å². The minimum absolute atomic E-state index is 0.0379. The fourth-order valence-electron chi connectivity index (χ4n) is 1.07. The number of aliphatic carboxylic acids is 1. The molecule has 82 valence electrons. The highest BCUT2D eigenvalue weighted by Gasteiger charge is 1.98. The first kappa shape index (κ1) is 11.5. The Hall–Kier alpha value is -1.55. The second-order valence-electron chi connectivity index (χ2n) is 3.04. The lowest BCUT2D eigenvalue weighted by Crippen LogP contribution is -2.02. The molecule has 0 bridgehead atoms. The molecular formula is C11H14O4. The molecule has 0 aliphatic rings. The second kappa shape index (κ2) is 6.03. The summed E-state index contributed by atoms with van der Waals surface area (Å²) in [6, 6.07) is 7.46. The fourth-order valence-corrected chi connectivity index (χ4v) is 1.07. The summed E-state index contributed by atoms with van der Waals surface area (Å²) in [5, 5.41) is 8.38. The van der Waals surface area contributed by atoms with Crippen LogP contribution in [0.1, 0.15) is 12.0 Å². The summed E-state index contributed by atoms with van der Waals surface area (Å²) in [7, 11) is 1.61. The van der Waals surface area contributed by atoms with Crippen LogP contribution in [-0.2, 0) is 16.1 Å². The van der Waals surface area contributed by atoms with Gasteiger partial charge >= 0.3 is 5.97 Å². The van der Waals surface area contributed by atoms with Gasteiger partial charge in [0, 0.05) is 0 Å². The van der Waals surface area contributed by atoms with E-state index >= 15 is 0 Å². The Morgan fingerprint density at radius 3 is 2.53 bits per heavy atom. The van der Waals surface area contributed by atoms with Gasteiger partial charge in [0.15, 0.2) is 0 Å². The van der Waals surface area contributed by atoms with Gasteiger partial charge in [0.2, 0.25) is 0 Å². The van der Waals surface area contributed by atoms with Crippen molar-refractivity contribution in [1.29, 1.82) is 0 Å². The molecule has 0 unspecified atom stereocenters. The highest BCUT2D eigenvalue weighted by molar-refractivity contribution is 5.66. The monoisotopic (exact) mass is 210 g/mol. The van der Waals surface area contributed by atoms with Gasteiger partial charge in [-0.05, 0) is 17.7 Å². The van der Waals surface area contributed by atoms with Crippen LogP contribution in [0.4, 0.5) is 0 Å². The molecule has 1 aromatic carbocycles. The van der Waals surface area contributed by atoms with Crippen molar-refractivity contribution in [3.05, 3.63) is 29.8 Å². The van der Waals surface area contributed by atoms with Crippen molar-refractivity contribution < 1.29 is 19.4 Å². The van der Waals surface area contributed by atoms with E-state index in [0.717, 1.165) is 11.3 Å². The van der Waals surface area contributed by atoms with Crippen LogP contribution in [0.25, 0.3) is 0 Å². The van der Waals surface area contributed by atoms with Gasteiger partial charge in [-0.3, -0.25) is 4.79 Å². The molecule has 0 spiro atoms. The van der Waals surface area contributed by atoms with Crippen molar-refractivity contribution in [3.8, 4) is 5.75 Å². The van der Waals surface area contributed by atoms with Crippen LogP contribution in [0, 0.1) is 0 Å². The van der Waals surface area contributed by atoms with Gasteiger partial charge in [0.05, 0.1) is 26.7 Å². The van der Waals surface area contributed by atoms with Gasteiger partial charge < -0.3 is 14.6 Å². The Bertz CT molecular complexity index is 305. The molecule has 0 radical (unpaired) electrons. The van der Waals surface area contributed by atoms with E-state index in [9.17, 15) is 4.79 Å². The first-order valence-corrected chi connectivity index (χ1v) is 4.65. The lowest BCUT2D eigenvalue weighted by molar-refractivity contribution is -0.138. The number of carboxylic acid groups (broad SMARTS) is 1. The van der Waals surface area contributed by atoms with Crippen molar-refractivity contribution in [2.75, 3.05) is 13.7 Å². The molecule has 1 N–H and O–H groups in total. The van der Waals surface area contributed by atoms with E-state index in [1.807, 2.05) is 24.3 Å². The molecule has 0 fully saturated rings. The molecule has 1 aromatic rings. The number of hydrogen-bond donors (Lipinski definition) is 1. The average molecular weight is 210 g/mol. The number of rotatable bonds is 6. The molecule has 0 saturated carbocycles. The van der Waals surface area contributed by atoms with E-state index in [1.54, 1.807) is 7.11 Å². The quantitative estimate of drug-likeness (QED) is 0.726. The number of benzene rings is 1. The molecule has 0 heterocycles. The van der Waals surface area contributed by atoms with E-state index < -0.39 is 5.97 Å². The summed E-state index contributed by atoms with van der Waals surface area (Å²) in [5.41, 5.74) is 1.00. The molecule has 4 nitrogen and oxygen atoms in total. The lowest BCUT2D eigenvalue weighted by atomic mass is 10.2. The van der Waals surface area contributed by atoms with Gasteiger partial charge in [0.1, 0.15) is 5.75 Å². The van der Waals surface area contributed by atoms with Crippen molar-refractivity contribution in [2.24, 2.45) is 0 Å². The zero-order valence-corrected chi connectivity index (χ0v) is 8.60. The van der Waals surface area contributed by atoms with E-state index in [2.05, 4.69) is 0 Å². The molecule has 0 amide bonds. The van der Waals surface area contributed by atoms with Crippen LogP contribution in [0.2, 0.25) is 0 Å². The normalized spacial score (nSPS) is 9.93. The van der Waals surface area contributed by atoms with Gasteiger partial charge in [-0.1, -0.05) is 12.1 Å². The highest BCUT2D eigenvalue weighted by atomic mass is 16.5. The van der Waals surface area contributed by atoms with E-state index in [0.29, 0.717) is 6.61 Å². The van der Waals surface area contributed by atoms with Crippen LogP contribution >= 0.6 is 0 Å². The molecule has 4 heteroatoms. The van der Waals surface area contributed by atoms with E-state index in [-0.39, 0.29) is 13.0 Å². The summed E-state index contributed by atoms with van der Waals surface area (Å²) in [4.78, 5) is 10.2. The molecule has 0 aromatic heterocycles. The largest absolute Gasteiger partial charge is 0.497 e. The fraction of sp³-hybridized carbons (Fsp3) is 0.364. The van der Waals surface area contributed by atoms with Crippen LogP contribution in [-0.4, -0.2) is 24.8 Å². The maximum atomic E-state index is 10.2. The zero-order chi connectivity index (χ0) is 11.1. The van der Waals surface area contributed by atoms with Crippen molar-refractivity contribution in [1.82, 2.24) is 0 Å². The van der Waals surface area contributed by atoms with Crippen molar-refractivity contribution >= 4 is 5.97 Å². The SMILES string of the molecule is COc1ccc(COCCC(=O)O)cc1. The van der Waals surface area contributed by atoms with Crippen LogP contribution in [0.5, 0.6) is 5.75 Å². The third-order valence-corrected chi connectivity index (χ3v) is 1.89. The number of hydrogen-bond acceptors (Lipinski definition) is 3. The molecule has 0 atom stereocenters. The van der Waals surface area contributed by atoms with Gasteiger partial charge in [-0.2, -0.15) is 0 Å². The average Bonchev–Trinajstić information content (AvgIpc) is 2.25. The topological polar surface area (TPSA) is 55.8 Å². The molecule has 0 aliphatic heterocycles. The molecule has 0 saturated heterocycles. The van der Waals surface area contributed by atoms with Crippen LogP contribution in [0.3, 0.4) is 0 Å². The van der Waals surface area contributed by atoms with Gasteiger partial charge in [0.25, 0.3) is 0 Å². The van der Waals surface area contributed by atoms with E-state index in [1.165, 1.54) is 0 Å². The first-order valence-electron chi connectivity index (χ1n) is 4.65. The minimum Gasteiger partial charge on any atom is -0.497 e. The predicted molar refractivity (Wildman–Crippen MR) is 54.9 cm³/mol. The number of carboxylic acids is 1. The maximum absolute atomic E-state index is 10.2. The zero-order valence-electron chi connectivity index (χ0n) is 8.60. The minimum atomic E-state index is -0.843. The summed E-state index contributed by atoms with van der Waals surface area (Å²) in [5.74, 6) is -0.0472. The Morgan fingerprint density at radius 1 is 1.33 bits per heavy atom. The summed E-state index contributed by atoms with van der Waals surface area (Å²) < 4.78 is 10.2. The predicted octanol–water partition coefficient (Wildman–Crippen LogP) is 1.69. The molecule has 0 aliphatic carbocycles. The standard InChI is InChI=1S/C11H14O4/c1-14-10-4-2-9(3-5-10)8-15-7-6-11(12)13/h2-5H,6-8H2,1H3,(H,12,13). The summed E-state index contributed by atoms with van der Waals surface area (Å²) in [6.07, 6.45) is 0.0379. The third kappa shape index (κ3) is 4.46. The van der Waals surface area contributed by atoms with Crippen LogP contribution in [0.15, 0.2) is 24.3 Å². The first-order chi connectivity index (χ1) is 7.22. The Morgan fingerprint density at radius 2 is 2.00 bits per heavy atom. The third-order valence-electron chi connectivity index (χ3n) is 1.89. The van der Waals surface area contributed by atoms with Gasteiger partial charge in [-0.15, -0.1) is 0 Å². The second-order valence-corrected chi connectivity index (χ2v) is 3.04. The van der Waals surface area contributed by atoms with Crippen molar-refractivity contribution in [3.63, 3.8) is 0 Å². The lowest BCUT2D eigenvalue weighted by Gasteiger charge is -2.04. The smallest absolute Gasteiger partial charge is 0.305 e. The highest BCUT2D eigenvalue weighted by Crippen LogP contribution is 2.11. The molecule has 15 heavy (non-hydrogen) atoms. The number of methoxy groups -OCH3 is 1. The summed E-state index contributed by atoms with van der Waals surface area (Å²) in [6.45, 7) is 0.665. The Labute approximate surface area is 88.4 Å². The van der Waals surface area contributed by atoms with E-state index in [4.69, 9.17) is 14.6 Å². The molecule has 1 rings (SSSR count).